The second-order valence-electron chi connectivity index (χ2n) is 7.29. The standard InChI is InChI=1S/C22H24N6O2/c1-15-9-10-23-22(26-15)27-21(29)17-4-3-11-28(13-17)20-12-19(24-14-25-20)16-5-7-18(30-2)8-6-16/h5-10,12,14,17H,3-4,11,13H2,1-2H3,(H,23,26,27,29). The Morgan fingerprint density at radius 3 is 2.77 bits per heavy atom. The number of aryl methyl sites for hydroxylation is 1. The van der Waals surface area contributed by atoms with E-state index in [1.807, 2.05) is 37.3 Å². The number of ether oxygens (including phenoxy) is 1. The lowest BCUT2D eigenvalue weighted by molar-refractivity contribution is -0.120. The van der Waals surface area contributed by atoms with Crippen LogP contribution >= 0.6 is 0 Å². The number of rotatable bonds is 5. The van der Waals surface area contributed by atoms with Gasteiger partial charge in [-0.3, -0.25) is 10.1 Å². The van der Waals surface area contributed by atoms with E-state index in [2.05, 4.69) is 30.2 Å². The van der Waals surface area contributed by atoms with E-state index in [0.29, 0.717) is 12.5 Å². The van der Waals surface area contributed by atoms with Gasteiger partial charge < -0.3 is 9.64 Å². The lowest BCUT2D eigenvalue weighted by Gasteiger charge is -2.32. The molecule has 1 atom stereocenters. The van der Waals surface area contributed by atoms with Gasteiger partial charge in [0.05, 0.1) is 18.7 Å². The van der Waals surface area contributed by atoms with Crippen LogP contribution in [0.5, 0.6) is 5.75 Å². The van der Waals surface area contributed by atoms with Crippen molar-refractivity contribution in [1.82, 2.24) is 19.9 Å². The molecule has 1 aromatic carbocycles. The zero-order valence-corrected chi connectivity index (χ0v) is 17.1. The summed E-state index contributed by atoms with van der Waals surface area (Å²) in [4.78, 5) is 32.1. The van der Waals surface area contributed by atoms with Crippen LogP contribution in [0, 0.1) is 12.8 Å². The maximum atomic E-state index is 12.7. The van der Waals surface area contributed by atoms with Gasteiger partial charge in [0.25, 0.3) is 0 Å². The third-order valence-corrected chi connectivity index (χ3v) is 5.18. The fourth-order valence-corrected chi connectivity index (χ4v) is 3.56. The van der Waals surface area contributed by atoms with Crippen LogP contribution in [-0.4, -0.2) is 46.0 Å². The predicted molar refractivity (Wildman–Crippen MR) is 114 cm³/mol. The van der Waals surface area contributed by atoms with Crippen molar-refractivity contribution < 1.29 is 9.53 Å². The maximum absolute atomic E-state index is 12.7. The minimum Gasteiger partial charge on any atom is -0.497 e. The number of benzene rings is 1. The average Bonchev–Trinajstić information content (AvgIpc) is 2.79. The smallest absolute Gasteiger partial charge is 0.231 e. The van der Waals surface area contributed by atoms with Crippen molar-refractivity contribution in [1.29, 1.82) is 0 Å². The molecule has 154 valence electrons. The van der Waals surface area contributed by atoms with Crippen LogP contribution in [0.3, 0.4) is 0 Å². The summed E-state index contributed by atoms with van der Waals surface area (Å²) < 4.78 is 5.22. The van der Waals surface area contributed by atoms with Gasteiger partial charge in [0.15, 0.2) is 0 Å². The van der Waals surface area contributed by atoms with Gasteiger partial charge in [-0.1, -0.05) is 0 Å². The average molecular weight is 404 g/mol. The highest BCUT2D eigenvalue weighted by atomic mass is 16.5. The van der Waals surface area contributed by atoms with E-state index in [4.69, 9.17) is 4.74 Å². The Morgan fingerprint density at radius 2 is 2.00 bits per heavy atom. The van der Waals surface area contributed by atoms with Crippen LogP contribution in [0.15, 0.2) is 48.9 Å². The third-order valence-electron chi connectivity index (χ3n) is 5.18. The molecule has 1 aliphatic heterocycles. The zero-order valence-electron chi connectivity index (χ0n) is 17.1. The molecule has 0 aliphatic carbocycles. The predicted octanol–water partition coefficient (Wildman–Crippen LogP) is 3.11. The summed E-state index contributed by atoms with van der Waals surface area (Å²) in [5.41, 5.74) is 2.64. The number of hydrogen-bond acceptors (Lipinski definition) is 7. The molecule has 30 heavy (non-hydrogen) atoms. The number of carbonyl (C=O) groups is 1. The zero-order chi connectivity index (χ0) is 20.9. The SMILES string of the molecule is COc1ccc(-c2cc(N3CCCC(C(=O)Nc4nccc(C)n4)C3)ncn2)cc1. The Kier molecular flexibility index (Phi) is 5.83. The third kappa shape index (κ3) is 4.53. The summed E-state index contributed by atoms with van der Waals surface area (Å²) in [5, 5.41) is 2.84. The fourth-order valence-electron chi connectivity index (χ4n) is 3.56. The largest absolute Gasteiger partial charge is 0.497 e. The van der Waals surface area contributed by atoms with Crippen molar-refractivity contribution in [2.24, 2.45) is 5.92 Å². The van der Waals surface area contributed by atoms with Gasteiger partial charge in [-0.15, -0.1) is 0 Å². The molecule has 1 saturated heterocycles. The molecular formula is C22H24N6O2. The van der Waals surface area contributed by atoms with Crippen molar-refractivity contribution in [2.45, 2.75) is 19.8 Å². The minimum absolute atomic E-state index is 0.0604. The van der Waals surface area contributed by atoms with E-state index >= 15 is 0 Å². The van der Waals surface area contributed by atoms with E-state index in [9.17, 15) is 4.79 Å². The molecule has 8 nitrogen and oxygen atoms in total. The first-order valence-corrected chi connectivity index (χ1v) is 9.94. The van der Waals surface area contributed by atoms with Crippen molar-refractivity contribution in [3.8, 4) is 17.0 Å². The van der Waals surface area contributed by atoms with Crippen molar-refractivity contribution in [3.05, 3.63) is 54.6 Å². The van der Waals surface area contributed by atoms with E-state index in [0.717, 1.165) is 47.9 Å². The van der Waals surface area contributed by atoms with E-state index in [1.165, 1.54) is 0 Å². The van der Waals surface area contributed by atoms with Gasteiger partial charge in [-0.25, -0.2) is 19.9 Å². The number of anilines is 2. The molecule has 1 amide bonds. The Labute approximate surface area is 175 Å². The summed E-state index contributed by atoms with van der Waals surface area (Å²) in [6, 6.07) is 11.5. The normalized spacial score (nSPS) is 16.2. The van der Waals surface area contributed by atoms with Gasteiger partial charge in [0, 0.05) is 36.6 Å². The van der Waals surface area contributed by atoms with Crippen LogP contribution < -0.4 is 15.0 Å². The van der Waals surface area contributed by atoms with Crippen LogP contribution in [0.25, 0.3) is 11.3 Å². The molecule has 3 heterocycles. The minimum atomic E-state index is -0.151. The number of carbonyl (C=O) groups excluding carboxylic acids is 1. The van der Waals surface area contributed by atoms with Gasteiger partial charge in [0.1, 0.15) is 17.9 Å². The summed E-state index contributed by atoms with van der Waals surface area (Å²) in [5.74, 6) is 1.76. The summed E-state index contributed by atoms with van der Waals surface area (Å²) in [6.07, 6.45) is 4.95. The van der Waals surface area contributed by atoms with Crippen molar-refractivity contribution >= 4 is 17.7 Å². The van der Waals surface area contributed by atoms with E-state index < -0.39 is 0 Å². The second kappa shape index (κ2) is 8.86. The Morgan fingerprint density at radius 1 is 1.17 bits per heavy atom. The van der Waals surface area contributed by atoms with Gasteiger partial charge in [-0.2, -0.15) is 0 Å². The number of piperidine rings is 1. The maximum Gasteiger partial charge on any atom is 0.231 e. The van der Waals surface area contributed by atoms with E-state index in [1.54, 1.807) is 25.7 Å². The number of nitrogens with one attached hydrogen (secondary N) is 1. The number of aromatic nitrogens is 4. The van der Waals surface area contributed by atoms with Gasteiger partial charge >= 0.3 is 0 Å². The number of amides is 1. The summed E-state index contributed by atoms with van der Waals surface area (Å²) in [7, 11) is 1.64. The van der Waals surface area contributed by atoms with Crippen LogP contribution in [0.2, 0.25) is 0 Å². The lowest BCUT2D eigenvalue weighted by Crippen LogP contribution is -2.41. The highest BCUT2D eigenvalue weighted by Crippen LogP contribution is 2.26. The molecule has 1 N–H and O–H groups in total. The first-order valence-electron chi connectivity index (χ1n) is 9.94. The summed E-state index contributed by atoms with van der Waals surface area (Å²) in [6.45, 7) is 3.32. The first kappa shape index (κ1) is 19.8. The lowest BCUT2D eigenvalue weighted by atomic mass is 9.97. The molecule has 1 fully saturated rings. The molecule has 0 spiro atoms. The number of methoxy groups -OCH3 is 1. The molecular weight excluding hydrogens is 380 g/mol. The van der Waals surface area contributed by atoms with Gasteiger partial charge in [0.2, 0.25) is 11.9 Å². The second-order valence-corrected chi connectivity index (χ2v) is 7.29. The van der Waals surface area contributed by atoms with Crippen LogP contribution in [0.4, 0.5) is 11.8 Å². The number of nitrogens with zero attached hydrogens (tertiary/aromatic N) is 5. The Hall–Kier alpha value is -3.55. The van der Waals surface area contributed by atoms with Crippen LogP contribution in [-0.2, 0) is 4.79 Å². The van der Waals surface area contributed by atoms with Crippen molar-refractivity contribution in [2.75, 3.05) is 30.4 Å². The molecule has 2 aromatic heterocycles. The molecule has 0 bridgehead atoms. The summed E-state index contributed by atoms with van der Waals surface area (Å²) >= 11 is 0. The molecule has 3 aromatic rings. The molecule has 1 unspecified atom stereocenters. The van der Waals surface area contributed by atoms with E-state index in [-0.39, 0.29) is 11.8 Å². The molecule has 1 aliphatic rings. The quantitative estimate of drug-likeness (QED) is 0.698. The highest BCUT2D eigenvalue weighted by molar-refractivity contribution is 5.91. The van der Waals surface area contributed by atoms with Crippen LogP contribution in [0.1, 0.15) is 18.5 Å². The van der Waals surface area contributed by atoms with Crippen molar-refractivity contribution in [3.63, 3.8) is 0 Å². The fraction of sp³-hybridized carbons (Fsp3) is 0.318. The number of hydrogen-bond donors (Lipinski definition) is 1. The topological polar surface area (TPSA) is 93.1 Å². The highest BCUT2D eigenvalue weighted by Gasteiger charge is 2.27. The molecule has 8 heteroatoms. The molecule has 0 radical (unpaired) electrons. The van der Waals surface area contributed by atoms with Gasteiger partial charge in [-0.05, 0) is 50.1 Å². The monoisotopic (exact) mass is 404 g/mol. The Bertz CT molecular complexity index is 1020. The first-order chi connectivity index (χ1) is 14.6. The Balaban J connectivity index is 1.47. The molecule has 4 rings (SSSR count). The molecule has 0 saturated carbocycles.